The first kappa shape index (κ1) is 15.8. The van der Waals surface area contributed by atoms with Crippen molar-refractivity contribution in [3.05, 3.63) is 28.8 Å². The van der Waals surface area contributed by atoms with Crippen LogP contribution in [0.4, 0.5) is 10.5 Å². The minimum Gasteiger partial charge on any atom is -0.481 e. The Labute approximate surface area is 119 Å². The van der Waals surface area contributed by atoms with Crippen molar-refractivity contribution in [1.29, 1.82) is 0 Å². The third-order valence-electron chi connectivity index (χ3n) is 2.26. The second-order valence-corrected chi connectivity index (χ2v) is 4.14. The SMILES string of the molecule is COC(=O)c1ccc(Cl)cc1NC(=O)NCCC(=O)O. The van der Waals surface area contributed by atoms with Crippen LogP contribution in [0.3, 0.4) is 0 Å². The number of ether oxygens (including phenoxy) is 1. The molecule has 0 saturated carbocycles. The first-order valence-electron chi connectivity index (χ1n) is 5.58. The maximum absolute atomic E-state index is 11.6. The molecule has 1 aromatic carbocycles. The summed E-state index contributed by atoms with van der Waals surface area (Å²) in [6, 6.07) is 3.66. The number of carbonyl (C=O) groups is 3. The summed E-state index contributed by atoms with van der Waals surface area (Å²) in [5.74, 6) is -1.65. The molecule has 0 fully saturated rings. The van der Waals surface area contributed by atoms with E-state index in [1.165, 1.54) is 25.3 Å². The number of benzene rings is 1. The van der Waals surface area contributed by atoms with Crippen molar-refractivity contribution in [3.8, 4) is 0 Å². The lowest BCUT2D eigenvalue weighted by Gasteiger charge is -2.10. The molecule has 0 heterocycles. The average molecular weight is 301 g/mol. The number of methoxy groups -OCH3 is 1. The molecule has 1 aromatic rings. The summed E-state index contributed by atoms with van der Waals surface area (Å²) < 4.78 is 4.58. The van der Waals surface area contributed by atoms with Gasteiger partial charge in [-0.1, -0.05) is 11.6 Å². The van der Waals surface area contributed by atoms with Gasteiger partial charge in [0.25, 0.3) is 0 Å². The zero-order valence-electron chi connectivity index (χ0n) is 10.6. The molecule has 8 heteroatoms. The van der Waals surface area contributed by atoms with Crippen LogP contribution in [0, 0.1) is 0 Å². The predicted octanol–water partition coefficient (Wildman–Crippen LogP) is 1.72. The van der Waals surface area contributed by atoms with E-state index in [-0.39, 0.29) is 24.2 Å². The second kappa shape index (κ2) is 7.34. The number of halogens is 1. The molecule has 3 N–H and O–H groups in total. The fourth-order valence-corrected chi connectivity index (χ4v) is 1.53. The molecule has 0 saturated heterocycles. The van der Waals surface area contributed by atoms with Crippen LogP contribution in [0.2, 0.25) is 5.02 Å². The number of hydrogen-bond donors (Lipinski definition) is 3. The second-order valence-electron chi connectivity index (χ2n) is 3.71. The van der Waals surface area contributed by atoms with Crippen LogP contribution in [-0.2, 0) is 9.53 Å². The zero-order valence-corrected chi connectivity index (χ0v) is 11.4. The van der Waals surface area contributed by atoms with Crippen molar-refractivity contribution < 1.29 is 24.2 Å². The average Bonchev–Trinajstić information content (AvgIpc) is 2.37. The van der Waals surface area contributed by atoms with E-state index in [1.807, 2.05) is 0 Å². The Bertz CT molecular complexity index is 533. The van der Waals surface area contributed by atoms with Gasteiger partial charge in [-0.2, -0.15) is 0 Å². The van der Waals surface area contributed by atoms with Crippen LogP contribution in [0.1, 0.15) is 16.8 Å². The van der Waals surface area contributed by atoms with Gasteiger partial charge in [0.05, 0.1) is 24.8 Å². The molecule has 2 amide bonds. The number of carboxylic acids is 1. The highest BCUT2D eigenvalue weighted by Crippen LogP contribution is 2.21. The standard InChI is InChI=1S/C12H13ClN2O5/c1-20-11(18)8-3-2-7(13)6-9(8)15-12(19)14-5-4-10(16)17/h2-3,6H,4-5H2,1H3,(H,16,17)(H2,14,15,19). The molecule has 0 aromatic heterocycles. The lowest BCUT2D eigenvalue weighted by Crippen LogP contribution is -2.31. The molecule has 0 aliphatic carbocycles. The van der Waals surface area contributed by atoms with Crippen LogP contribution in [-0.4, -0.2) is 36.7 Å². The third-order valence-corrected chi connectivity index (χ3v) is 2.49. The number of esters is 1. The van der Waals surface area contributed by atoms with E-state index >= 15 is 0 Å². The molecule has 0 spiro atoms. The molecule has 1 rings (SSSR count). The number of anilines is 1. The Hall–Kier alpha value is -2.28. The highest BCUT2D eigenvalue weighted by atomic mass is 35.5. The summed E-state index contributed by atoms with van der Waals surface area (Å²) in [7, 11) is 1.22. The topological polar surface area (TPSA) is 105 Å². The molecule has 0 radical (unpaired) electrons. The van der Waals surface area contributed by atoms with Gasteiger partial charge in [0.2, 0.25) is 0 Å². The van der Waals surface area contributed by atoms with Gasteiger partial charge in [0.15, 0.2) is 0 Å². The monoisotopic (exact) mass is 300 g/mol. The third kappa shape index (κ3) is 4.77. The molecule has 20 heavy (non-hydrogen) atoms. The quantitative estimate of drug-likeness (QED) is 0.718. The molecule has 108 valence electrons. The normalized spacial score (nSPS) is 9.70. The van der Waals surface area contributed by atoms with Crippen molar-refractivity contribution in [2.24, 2.45) is 0 Å². The number of carbonyl (C=O) groups excluding carboxylic acids is 2. The first-order chi connectivity index (χ1) is 9.43. The van der Waals surface area contributed by atoms with E-state index in [4.69, 9.17) is 16.7 Å². The Morgan fingerprint density at radius 2 is 2.05 bits per heavy atom. The Kier molecular flexibility index (Phi) is 5.79. The Morgan fingerprint density at radius 1 is 1.35 bits per heavy atom. The summed E-state index contributed by atoms with van der Waals surface area (Å²) in [4.78, 5) is 33.4. The number of amides is 2. The van der Waals surface area contributed by atoms with E-state index in [9.17, 15) is 14.4 Å². The summed E-state index contributed by atoms with van der Waals surface area (Å²) in [6.07, 6.45) is -0.202. The van der Waals surface area contributed by atoms with Crippen LogP contribution < -0.4 is 10.6 Å². The van der Waals surface area contributed by atoms with Gasteiger partial charge in [-0.25, -0.2) is 9.59 Å². The molecule has 0 unspecified atom stereocenters. The highest BCUT2D eigenvalue weighted by molar-refractivity contribution is 6.31. The number of nitrogens with one attached hydrogen (secondary N) is 2. The van der Waals surface area contributed by atoms with Crippen molar-refractivity contribution in [2.45, 2.75) is 6.42 Å². The van der Waals surface area contributed by atoms with E-state index in [0.717, 1.165) is 0 Å². The summed E-state index contributed by atoms with van der Waals surface area (Å²) in [6.45, 7) is -0.0325. The van der Waals surface area contributed by atoms with Crippen molar-refractivity contribution in [3.63, 3.8) is 0 Å². The summed E-state index contributed by atoms with van der Waals surface area (Å²) >= 11 is 5.79. The highest BCUT2D eigenvalue weighted by Gasteiger charge is 2.14. The van der Waals surface area contributed by atoms with Gasteiger partial charge in [0, 0.05) is 11.6 Å². The number of rotatable bonds is 5. The molecule has 7 nitrogen and oxygen atoms in total. The van der Waals surface area contributed by atoms with Crippen LogP contribution >= 0.6 is 11.6 Å². The van der Waals surface area contributed by atoms with E-state index < -0.39 is 18.0 Å². The largest absolute Gasteiger partial charge is 0.481 e. The fourth-order valence-electron chi connectivity index (χ4n) is 1.36. The number of hydrogen-bond acceptors (Lipinski definition) is 4. The van der Waals surface area contributed by atoms with Gasteiger partial charge in [0.1, 0.15) is 0 Å². The maximum Gasteiger partial charge on any atom is 0.339 e. The van der Waals surface area contributed by atoms with Crippen molar-refractivity contribution >= 4 is 35.3 Å². The number of aliphatic carboxylic acids is 1. The van der Waals surface area contributed by atoms with Crippen LogP contribution in [0.15, 0.2) is 18.2 Å². The molecule has 0 atom stereocenters. The van der Waals surface area contributed by atoms with Crippen LogP contribution in [0.25, 0.3) is 0 Å². The van der Waals surface area contributed by atoms with Gasteiger partial charge in [-0.15, -0.1) is 0 Å². The molecule has 0 aliphatic rings. The van der Waals surface area contributed by atoms with Gasteiger partial charge in [-0.05, 0) is 18.2 Å². The summed E-state index contributed by atoms with van der Waals surface area (Å²) in [5.41, 5.74) is 0.322. The summed E-state index contributed by atoms with van der Waals surface area (Å²) in [5, 5.41) is 13.5. The molecular weight excluding hydrogens is 288 g/mol. The lowest BCUT2D eigenvalue weighted by molar-refractivity contribution is -0.136. The smallest absolute Gasteiger partial charge is 0.339 e. The van der Waals surface area contributed by atoms with Gasteiger partial charge < -0.3 is 20.5 Å². The van der Waals surface area contributed by atoms with E-state index in [2.05, 4.69) is 15.4 Å². The molecule has 0 aliphatic heterocycles. The van der Waals surface area contributed by atoms with E-state index in [1.54, 1.807) is 0 Å². The van der Waals surface area contributed by atoms with Crippen molar-refractivity contribution in [1.82, 2.24) is 5.32 Å². The number of carboxylic acid groups (broad SMARTS) is 1. The van der Waals surface area contributed by atoms with Gasteiger partial charge in [-0.3, -0.25) is 4.79 Å². The maximum atomic E-state index is 11.6. The number of urea groups is 1. The van der Waals surface area contributed by atoms with Gasteiger partial charge >= 0.3 is 18.0 Å². The Balaban J connectivity index is 2.75. The molecule has 0 bridgehead atoms. The lowest BCUT2D eigenvalue weighted by atomic mass is 10.2. The minimum atomic E-state index is -1.02. The first-order valence-corrected chi connectivity index (χ1v) is 5.96. The van der Waals surface area contributed by atoms with E-state index in [0.29, 0.717) is 5.02 Å². The van der Waals surface area contributed by atoms with Crippen LogP contribution in [0.5, 0.6) is 0 Å². The predicted molar refractivity (Wildman–Crippen MR) is 72.1 cm³/mol. The minimum absolute atomic E-state index is 0.0325. The molecular formula is C12H13ClN2O5. The fraction of sp³-hybridized carbons (Fsp3) is 0.250. The Morgan fingerprint density at radius 3 is 2.65 bits per heavy atom. The van der Waals surface area contributed by atoms with Crippen molar-refractivity contribution in [2.75, 3.05) is 19.0 Å². The zero-order chi connectivity index (χ0) is 15.1.